The van der Waals surface area contributed by atoms with Crippen molar-refractivity contribution in [3.05, 3.63) is 56.2 Å². The largest absolute Gasteiger partial charge is 0.296 e. The summed E-state index contributed by atoms with van der Waals surface area (Å²) < 4.78 is 0.936. The number of benzene rings is 1. The maximum atomic E-state index is 12.4. The molecule has 2 amide bonds. The number of halogens is 1. The SMILES string of the molecule is Cc1ccsc1C1CC(=O)NC(=O)C1c1cccc(Br)c1. The van der Waals surface area contributed by atoms with E-state index in [1.54, 1.807) is 11.3 Å². The number of piperidine rings is 1. The van der Waals surface area contributed by atoms with Gasteiger partial charge in [-0.15, -0.1) is 11.3 Å². The van der Waals surface area contributed by atoms with Gasteiger partial charge in [-0.2, -0.15) is 0 Å². The fraction of sp³-hybridized carbons (Fsp3) is 0.250. The normalized spacial score (nSPS) is 22.2. The predicted molar refractivity (Wildman–Crippen MR) is 86.4 cm³/mol. The molecule has 0 aliphatic carbocycles. The summed E-state index contributed by atoms with van der Waals surface area (Å²) >= 11 is 5.07. The van der Waals surface area contributed by atoms with Crippen LogP contribution in [0.2, 0.25) is 0 Å². The third-order valence-electron chi connectivity index (χ3n) is 3.80. The van der Waals surface area contributed by atoms with Gasteiger partial charge in [-0.25, -0.2) is 0 Å². The van der Waals surface area contributed by atoms with Gasteiger partial charge < -0.3 is 0 Å². The first-order chi connectivity index (χ1) is 10.1. The number of amides is 2. The van der Waals surface area contributed by atoms with Crippen LogP contribution in [0.15, 0.2) is 40.2 Å². The Morgan fingerprint density at radius 1 is 1.29 bits per heavy atom. The average molecular weight is 364 g/mol. The van der Waals surface area contributed by atoms with Crippen LogP contribution in [0.25, 0.3) is 0 Å². The molecule has 0 radical (unpaired) electrons. The third-order valence-corrected chi connectivity index (χ3v) is 5.44. The van der Waals surface area contributed by atoms with E-state index in [1.165, 1.54) is 0 Å². The summed E-state index contributed by atoms with van der Waals surface area (Å²) in [5, 5.41) is 4.48. The molecule has 3 nitrogen and oxygen atoms in total. The molecule has 1 aromatic carbocycles. The number of imide groups is 1. The fourth-order valence-electron chi connectivity index (χ4n) is 2.86. The number of rotatable bonds is 2. The van der Waals surface area contributed by atoms with Crippen molar-refractivity contribution in [2.24, 2.45) is 0 Å². The molecule has 1 aliphatic rings. The van der Waals surface area contributed by atoms with Gasteiger partial charge in [0.05, 0.1) is 5.92 Å². The Bertz CT molecular complexity index is 710. The molecular weight excluding hydrogens is 350 g/mol. The fourth-order valence-corrected chi connectivity index (χ4v) is 4.34. The molecule has 2 atom stereocenters. The smallest absolute Gasteiger partial charge is 0.234 e. The van der Waals surface area contributed by atoms with Crippen LogP contribution < -0.4 is 5.32 Å². The van der Waals surface area contributed by atoms with Crippen molar-refractivity contribution in [2.75, 3.05) is 0 Å². The first kappa shape index (κ1) is 14.5. The Hall–Kier alpha value is -1.46. The van der Waals surface area contributed by atoms with Gasteiger partial charge >= 0.3 is 0 Å². The zero-order chi connectivity index (χ0) is 15.0. The van der Waals surface area contributed by atoms with Crippen molar-refractivity contribution in [3.8, 4) is 0 Å². The van der Waals surface area contributed by atoms with Crippen LogP contribution in [0.5, 0.6) is 0 Å². The Kier molecular flexibility index (Phi) is 3.95. The minimum absolute atomic E-state index is 0.0828. The van der Waals surface area contributed by atoms with Crippen LogP contribution in [-0.4, -0.2) is 11.8 Å². The molecule has 1 aromatic heterocycles. The zero-order valence-electron chi connectivity index (χ0n) is 11.4. The van der Waals surface area contributed by atoms with Crippen molar-refractivity contribution in [2.45, 2.75) is 25.2 Å². The number of aryl methyl sites for hydroxylation is 1. The summed E-state index contributed by atoms with van der Waals surface area (Å²) in [6.07, 6.45) is 0.351. The highest BCUT2D eigenvalue weighted by atomic mass is 79.9. The standard InChI is InChI=1S/C16H14BrNO2S/c1-9-5-6-21-15(9)12-8-13(19)18-16(20)14(12)10-3-2-4-11(17)7-10/h2-7,12,14H,8H2,1H3,(H,18,19,20). The van der Waals surface area contributed by atoms with Crippen molar-refractivity contribution < 1.29 is 9.59 Å². The van der Waals surface area contributed by atoms with Gasteiger partial charge in [-0.1, -0.05) is 28.1 Å². The van der Waals surface area contributed by atoms with Gasteiger partial charge in [0.15, 0.2) is 0 Å². The lowest BCUT2D eigenvalue weighted by atomic mass is 9.79. The number of carbonyl (C=O) groups excluding carboxylic acids is 2. The second kappa shape index (κ2) is 5.73. The number of hydrogen-bond acceptors (Lipinski definition) is 3. The van der Waals surface area contributed by atoms with Crippen LogP contribution in [0, 0.1) is 6.92 Å². The molecule has 1 saturated heterocycles. The molecule has 1 N–H and O–H groups in total. The van der Waals surface area contributed by atoms with Crippen LogP contribution in [0.1, 0.15) is 34.3 Å². The predicted octanol–water partition coefficient (Wildman–Crippen LogP) is 3.73. The van der Waals surface area contributed by atoms with E-state index in [-0.39, 0.29) is 23.7 Å². The van der Waals surface area contributed by atoms with E-state index in [2.05, 4.69) is 21.2 Å². The summed E-state index contributed by atoms with van der Waals surface area (Å²) in [6.45, 7) is 2.03. The minimum Gasteiger partial charge on any atom is -0.296 e. The minimum atomic E-state index is -0.322. The molecule has 1 fully saturated rings. The Morgan fingerprint density at radius 2 is 2.10 bits per heavy atom. The summed E-state index contributed by atoms with van der Waals surface area (Å²) in [5.41, 5.74) is 2.08. The van der Waals surface area contributed by atoms with E-state index >= 15 is 0 Å². The van der Waals surface area contributed by atoms with E-state index < -0.39 is 0 Å². The first-order valence-electron chi connectivity index (χ1n) is 6.69. The second-order valence-corrected chi connectivity index (χ2v) is 7.09. The van der Waals surface area contributed by atoms with Crippen molar-refractivity contribution >= 4 is 39.1 Å². The zero-order valence-corrected chi connectivity index (χ0v) is 13.8. The van der Waals surface area contributed by atoms with Crippen LogP contribution in [0.4, 0.5) is 0 Å². The van der Waals surface area contributed by atoms with Gasteiger partial charge in [0, 0.05) is 21.7 Å². The van der Waals surface area contributed by atoms with Gasteiger partial charge in [0.1, 0.15) is 0 Å². The molecule has 0 spiro atoms. The highest BCUT2D eigenvalue weighted by molar-refractivity contribution is 9.10. The molecule has 2 unspecified atom stereocenters. The average Bonchev–Trinajstić information content (AvgIpc) is 2.84. The number of nitrogens with one attached hydrogen (secondary N) is 1. The van der Waals surface area contributed by atoms with Crippen LogP contribution >= 0.6 is 27.3 Å². The second-order valence-electron chi connectivity index (χ2n) is 5.22. The molecule has 0 bridgehead atoms. The lowest BCUT2D eigenvalue weighted by molar-refractivity contribution is -0.135. The molecule has 5 heteroatoms. The van der Waals surface area contributed by atoms with E-state index in [0.717, 1.165) is 20.5 Å². The molecule has 21 heavy (non-hydrogen) atoms. The summed E-state index contributed by atoms with van der Waals surface area (Å²) in [4.78, 5) is 25.3. The number of carbonyl (C=O) groups is 2. The Balaban J connectivity index is 2.07. The Morgan fingerprint density at radius 3 is 2.76 bits per heavy atom. The highest BCUT2D eigenvalue weighted by Crippen LogP contribution is 2.42. The highest BCUT2D eigenvalue weighted by Gasteiger charge is 2.39. The molecule has 2 heterocycles. The molecule has 0 saturated carbocycles. The van der Waals surface area contributed by atoms with Crippen LogP contribution in [0.3, 0.4) is 0 Å². The van der Waals surface area contributed by atoms with Crippen molar-refractivity contribution in [1.82, 2.24) is 5.32 Å². The monoisotopic (exact) mass is 363 g/mol. The number of hydrogen-bond donors (Lipinski definition) is 1. The first-order valence-corrected chi connectivity index (χ1v) is 8.36. The maximum absolute atomic E-state index is 12.4. The molecular formula is C16H14BrNO2S. The lowest BCUT2D eigenvalue weighted by Crippen LogP contribution is -2.43. The molecule has 1 aliphatic heterocycles. The quantitative estimate of drug-likeness (QED) is 0.826. The van der Waals surface area contributed by atoms with E-state index in [4.69, 9.17) is 0 Å². The topological polar surface area (TPSA) is 46.2 Å². The van der Waals surface area contributed by atoms with Gasteiger partial charge in [0.25, 0.3) is 0 Å². The van der Waals surface area contributed by atoms with Crippen LogP contribution in [-0.2, 0) is 9.59 Å². The van der Waals surface area contributed by atoms with E-state index in [9.17, 15) is 9.59 Å². The van der Waals surface area contributed by atoms with Gasteiger partial charge in [-0.05, 0) is 41.6 Å². The van der Waals surface area contributed by atoms with E-state index in [0.29, 0.717) is 6.42 Å². The number of thiophene rings is 1. The molecule has 108 valence electrons. The summed E-state index contributed by atoms with van der Waals surface area (Å²) in [6, 6.07) is 9.79. The van der Waals surface area contributed by atoms with Gasteiger partial charge in [0.2, 0.25) is 11.8 Å². The van der Waals surface area contributed by atoms with Crippen molar-refractivity contribution in [1.29, 1.82) is 0 Å². The maximum Gasteiger partial charge on any atom is 0.234 e. The molecule has 3 rings (SSSR count). The van der Waals surface area contributed by atoms with Crippen molar-refractivity contribution in [3.63, 3.8) is 0 Å². The Labute approximate surface area is 135 Å². The third kappa shape index (κ3) is 2.80. The lowest BCUT2D eigenvalue weighted by Gasteiger charge is -2.30. The molecule has 2 aromatic rings. The summed E-state index contributed by atoms with van der Waals surface area (Å²) in [7, 11) is 0. The summed E-state index contributed by atoms with van der Waals surface area (Å²) in [5.74, 6) is -0.802. The van der Waals surface area contributed by atoms with Gasteiger partial charge in [-0.3, -0.25) is 14.9 Å². The van der Waals surface area contributed by atoms with E-state index in [1.807, 2.05) is 42.6 Å².